The quantitative estimate of drug-likeness (QED) is 0.750. The summed E-state index contributed by atoms with van der Waals surface area (Å²) in [5.41, 5.74) is 0. The van der Waals surface area contributed by atoms with E-state index >= 15 is 0 Å². The smallest absolute Gasteiger partial charge is 0.258 e. The number of rotatable bonds is 3. The maximum absolute atomic E-state index is 4.25. The van der Waals surface area contributed by atoms with Gasteiger partial charge in [0.15, 0.2) is 0 Å². The van der Waals surface area contributed by atoms with Crippen LogP contribution >= 0.6 is 0 Å². The van der Waals surface area contributed by atoms with Gasteiger partial charge in [-0.05, 0) is 0 Å². The number of aromatic nitrogens is 6. The second kappa shape index (κ2) is 4.09. The Bertz CT molecular complexity index is 463. The molecule has 0 amide bonds. The Hall–Kier alpha value is -2.25. The van der Waals surface area contributed by atoms with Crippen molar-refractivity contribution in [2.45, 2.75) is 0 Å². The lowest BCUT2D eigenvalue weighted by atomic mass is 10.7. The minimum atomic E-state index is 0.431. The summed E-state index contributed by atoms with van der Waals surface area (Å²) in [6.07, 6.45) is 2.96. The van der Waals surface area contributed by atoms with Crippen molar-refractivity contribution in [3.8, 4) is 5.95 Å². The van der Waals surface area contributed by atoms with Crippen molar-refractivity contribution >= 4 is 11.9 Å². The molecule has 2 aromatic rings. The molecule has 16 heavy (non-hydrogen) atoms. The van der Waals surface area contributed by atoms with Crippen LogP contribution in [0.15, 0.2) is 12.7 Å². The van der Waals surface area contributed by atoms with Gasteiger partial charge in [0.05, 0.1) is 0 Å². The summed E-state index contributed by atoms with van der Waals surface area (Å²) >= 11 is 0. The number of hydrogen-bond donors (Lipinski definition) is 1. The first kappa shape index (κ1) is 10.3. The molecular weight excluding hydrogens is 208 g/mol. The molecule has 2 aromatic heterocycles. The fraction of sp³-hybridized carbons (Fsp3) is 0.375. The van der Waals surface area contributed by atoms with Crippen molar-refractivity contribution in [1.82, 2.24) is 29.7 Å². The van der Waals surface area contributed by atoms with E-state index in [1.807, 2.05) is 14.1 Å². The lowest BCUT2D eigenvalue weighted by Crippen LogP contribution is -2.16. The van der Waals surface area contributed by atoms with Crippen molar-refractivity contribution in [3.05, 3.63) is 12.7 Å². The lowest BCUT2D eigenvalue weighted by Gasteiger charge is -2.11. The van der Waals surface area contributed by atoms with Gasteiger partial charge in [-0.15, -0.1) is 0 Å². The first-order valence-electron chi connectivity index (χ1n) is 4.67. The summed E-state index contributed by atoms with van der Waals surface area (Å²) in [5, 5.41) is 6.84. The lowest BCUT2D eigenvalue weighted by molar-refractivity contribution is 0.789. The predicted molar refractivity (Wildman–Crippen MR) is 58.6 cm³/mol. The maximum atomic E-state index is 4.25. The first-order chi connectivity index (χ1) is 7.70. The summed E-state index contributed by atoms with van der Waals surface area (Å²) < 4.78 is 1.48. The minimum Gasteiger partial charge on any atom is -0.357 e. The summed E-state index contributed by atoms with van der Waals surface area (Å²) in [4.78, 5) is 18.3. The van der Waals surface area contributed by atoms with Crippen LogP contribution in [-0.4, -0.2) is 50.9 Å². The van der Waals surface area contributed by atoms with Crippen LogP contribution in [-0.2, 0) is 0 Å². The van der Waals surface area contributed by atoms with E-state index in [1.54, 1.807) is 11.9 Å². The van der Waals surface area contributed by atoms with E-state index in [9.17, 15) is 0 Å². The van der Waals surface area contributed by atoms with Crippen molar-refractivity contribution in [3.63, 3.8) is 0 Å². The number of nitrogens with one attached hydrogen (secondary N) is 1. The van der Waals surface area contributed by atoms with E-state index in [0.29, 0.717) is 17.8 Å². The highest BCUT2D eigenvalue weighted by atomic mass is 15.4. The van der Waals surface area contributed by atoms with Gasteiger partial charge in [-0.2, -0.15) is 24.7 Å². The standard InChI is InChI=1S/C8H12N8/c1-9-6-12-7(15(2)3)14-8(13-6)16-5-10-4-11-16/h4-5H,1-3H3,(H,9,12,13,14). The van der Waals surface area contributed by atoms with Crippen molar-refractivity contribution in [2.75, 3.05) is 31.4 Å². The molecule has 0 bridgehead atoms. The van der Waals surface area contributed by atoms with Crippen LogP contribution in [0.3, 0.4) is 0 Å². The molecule has 0 atom stereocenters. The van der Waals surface area contributed by atoms with E-state index in [-0.39, 0.29) is 0 Å². The fourth-order valence-corrected chi connectivity index (χ4v) is 1.08. The van der Waals surface area contributed by atoms with Crippen LogP contribution in [0.5, 0.6) is 0 Å². The Labute approximate surface area is 92.4 Å². The van der Waals surface area contributed by atoms with Crippen LogP contribution in [0.1, 0.15) is 0 Å². The zero-order chi connectivity index (χ0) is 11.5. The third-order valence-electron chi connectivity index (χ3n) is 1.86. The van der Waals surface area contributed by atoms with Gasteiger partial charge in [0.25, 0.3) is 5.95 Å². The molecule has 0 aromatic carbocycles. The number of hydrogen-bond acceptors (Lipinski definition) is 7. The highest BCUT2D eigenvalue weighted by Crippen LogP contribution is 2.09. The summed E-state index contributed by atoms with van der Waals surface area (Å²) in [6.45, 7) is 0. The molecule has 2 heterocycles. The topological polar surface area (TPSA) is 84.7 Å². The third kappa shape index (κ3) is 1.90. The molecule has 0 aliphatic heterocycles. The first-order valence-corrected chi connectivity index (χ1v) is 4.67. The van der Waals surface area contributed by atoms with Crippen LogP contribution in [0.4, 0.5) is 11.9 Å². The summed E-state index contributed by atoms with van der Waals surface area (Å²) in [5.74, 6) is 1.48. The van der Waals surface area contributed by atoms with Gasteiger partial charge in [0, 0.05) is 21.1 Å². The molecule has 2 rings (SSSR count). The summed E-state index contributed by atoms with van der Waals surface area (Å²) in [6, 6.07) is 0. The average Bonchev–Trinajstić information content (AvgIpc) is 2.81. The van der Waals surface area contributed by atoms with E-state index in [4.69, 9.17) is 0 Å². The molecule has 84 valence electrons. The van der Waals surface area contributed by atoms with Crippen LogP contribution < -0.4 is 10.2 Å². The molecule has 0 radical (unpaired) electrons. The van der Waals surface area contributed by atoms with Gasteiger partial charge in [0.1, 0.15) is 12.7 Å². The van der Waals surface area contributed by atoms with Crippen molar-refractivity contribution < 1.29 is 0 Å². The molecule has 0 aliphatic carbocycles. The average molecular weight is 220 g/mol. The molecule has 0 unspecified atom stereocenters. The van der Waals surface area contributed by atoms with Crippen molar-refractivity contribution in [1.29, 1.82) is 0 Å². The van der Waals surface area contributed by atoms with Gasteiger partial charge in [0.2, 0.25) is 11.9 Å². The highest BCUT2D eigenvalue weighted by Gasteiger charge is 2.08. The molecule has 1 N–H and O–H groups in total. The van der Waals surface area contributed by atoms with Gasteiger partial charge in [-0.25, -0.2) is 4.98 Å². The van der Waals surface area contributed by atoms with Crippen molar-refractivity contribution in [2.24, 2.45) is 0 Å². The minimum absolute atomic E-state index is 0.431. The Morgan fingerprint density at radius 3 is 2.62 bits per heavy atom. The maximum Gasteiger partial charge on any atom is 0.258 e. The SMILES string of the molecule is CNc1nc(N(C)C)nc(-n2cncn2)n1. The molecule has 0 saturated heterocycles. The van der Waals surface area contributed by atoms with Gasteiger partial charge >= 0.3 is 0 Å². The van der Waals surface area contributed by atoms with Gasteiger partial charge in [-0.1, -0.05) is 0 Å². The van der Waals surface area contributed by atoms with Gasteiger partial charge in [-0.3, -0.25) is 0 Å². The van der Waals surface area contributed by atoms with Crippen LogP contribution in [0.2, 0.25) is 0 Å². The summed E-state index contributed by atoms with van der Waals surface area (Å²) in [7, 11) is 5.47. The Kier molecular flexibility index (Phi) is 2.63. The molecule has 8 nitrogen and oxygen atoms in total. The molecule has 0 saturated carbocycles. The number of anilines is 2. The van der Waals surface area contributed by atoms with E-state index in [1.165, 1.54) is 17.3 Å². The normalized spacial score (nSPS) is 10.2. The monoisotopic (exact) mass is 220 g/mol. The Morgan fingerprint density at radius 1 is 1.25 bits per heavy atom. The predicted octanol–water partition coefficient (Wildman–Crippen LogP) is -0.440. The second-order valence-corrected chi connectivity index (χ2v) is 3.24. The fourth-order valence-electron chi connectivity index (χ4n) is 1.08. The van der Waals surface area contributed by atoms with E-state index < -0.39 is 0 Å². The van der Waals surface area contributed by atoms with Gasteiger partial charge < -0.3 is 10.2 Å². The Morgan fingerprint density at radius 2 is 2.06 bits per heavy atom. The Balaban J connectivity index is 2.49. The largest absolute Gasteiger partial charge is 0.357 e. The van der Waals surface area contributed by atoms with Crippen LogP contribution in [0.25, 0.3) is 5.95 Å². The van der Waals surface area contributed by atoms with E-state index in [0.717, 1.165) is 0 Å². The highest BCUT2D eigenvalue weighted by molar-refractivity contribution is 5.38. The van der Waals surface area contributed by atoms with E-state index in [2.05, 4.69) is 30.4 Å². The number of nitrogens with zero attached hydrogens (tertiary/aromatic N) is 7. The van der Waals surface area contributed by atoms with Crippen LogP contribution in [0, 0.1) is 0 Å². The zero-order valence-corrected chi connectivity index (χ0v) is 9.29. The molecule has 0 fully saturated rings. The zero-order valence-electron chi connectivity index (χ0n) is 9.29. The third-order valence-corrected chi connectivity index (χ3v) is 1.86. The molecule has 0 aliphatic rings. The second-order valence-electron chi connectivity index (χ2n) is 3.24. The molecule has 0 spiro atoms. The molecular formula is C8H12N8. The molecule has 8 heteroatoms.